The molecule has 3 heteroatoms. The van der Waals surface area contributed by atoms with Crippen LogP contribution in [0.5, 0.6) is 11.5 Å². The van der Waals surface area contributed by atoms with Crippen LogP contribution in [-0.2, 0) is 6.61 Å². The maximum absolute atomic E-state index is 9.35. The molecule has 0 aliphatic heterocycles. The largest absolute Gasteiger partial charge is 0.508 e. The second-order valence-corrected chi connectivity index (χ2v) is 4.05. The van der Waals surface area contributed by atoms with Crippen molar-refractivity contribution in [3.63, 3.8) is 0 Å². The van der Waals surface area contributed by atoms with Crippen LogP contribution in [0.3, 0.4) is 0 Å². The molecule has 0 spiro atoms. The fourth-order valence-corrected chi connectivity index (χ4v) is 1.63. The number of nitriles is 1. The third kappa shape index (κ3) is 2.80. The number of hydrogen-bond donors (Lipinski definition) is 1. The predicted octanol–water partition coefficient (Wildman–Crippen LogP) is 3.15. The van der Waals surface area contributed by atoms with Gasteiger partial charge in [0.2, 0.25) is 0 Å². The van der Waals surface area contributed by atoms with Crippen molar-refractivity contribution in [1.29, 1.82) is 5.26 Å². The van der Waals surface area contributed by atoms with Gasteiger partial charge in [0.1, 0.15) is 18.1 Å². The summed E-state index contributed by atoms with van der Waals surface area (Å²) in [6, 6.07) is 14.3. The van der Waals surface area contributed by atoms with E-state index in [-0.39, 0.29) is 5.75 Å². The zero-order valence-electron chi connectivity index (χ0n) is 10.1. The Morgan fingerprint density at radius 3 is 2.78 bits per heavy atom. The Bertz CT molecular complexity index is 600. The van der Waals surface area contributed by atoms with Gasteiger partial charge < -0.3 is 9.84 Å². The fourth-order valence-electron chi connectivity index (χ4n) is 1.63. The number of phenolic OH excluding ortho intramolecular Hbond substituents is 1. The van der Waals surface area contributed by atoms with Gasteiger partial charge in [-0.2, -0.15) is 5.26 Å². The minimum Gasteiger partial charge on any atom is -0.508 e. The van der Waals surface area contributed by atoms with E-state index in [9.17, 15) is 5.11 Å². The molecule has 0 saturated carbocycles. The summed E-state index contributed by atoms with van der Waals surface area (Å²) >= 11 is 0. The summed E-state index contributed by atoms with van der Waals surface area (Å²) in [4.78, 5) is 0. The molecule has 0 fully saturated rings. The Labute approximate surface area is 106 Å². The number of benzene rings is 2. The second-order valence-electron chi connectivity index (χ2n) is 4.05. The van der Waals surface area contributed by atoms with Gasteiger partial charge in [-0.05, 0) is 42.3 Å². The fraction of sp³-hybridized carbons (Fsp3) is 0.133. The van der Waals surface area contributed by atoms with Crippen LogP contribution >= 0.6 is 0 Å². The van der Waals surface area contributed by atoms with Crippen molar-refractivity contribution >= 4 is 0 Å². The lowest BCUT2D eigenvalue weighted by Crippen LogP contribution is -1.97. The molecule has 0 unspecified atom stereocenters. The molecular formula is C15H13NO2. The summed E-state index contributed by atoms with van der Waals surface area (Å²) in [5.41, 5.74) is 2.44. The first-order chi connectivity index (χ1) is 8.69. The van der Waals surface area contributed by atoms with Crippen LogP contribution in [0.4, 0.5) is 0 Å². The Morgan fingerprint density at radius 2 is 2.06 bits per heavy atom. The SMILES string of the molecule is Cc1ccc(C#N)cc1OCc1cccc(O)c1. The van der Waals surface area contributed by atoms with Crippen LogP contribution in [0.25, 0.3) is 0 Å². The molecule has 0 aromatic heterocycles. The van der Waals surface area contributed by atoms with Gasteiger partial charge in [0, 0.05) is 0 Å². The van der Waals surface area contributed by atoms with Gasteiger partial charge in [0.25, 0.3) is 0 Å². The highest BCUT2D eigenvalue weighted by atomic mass is 16.5. The van der Waals surface area contributed by atoms with Crippen molar-refractivity contribution in [2.45, 2.75) is 13.5 Å². The summed E-state index contributed by atoms with van der Waals surface area (Å²) in [5.74, 6) is 0.913. The monoisotopic (exact) mass is 239 g/mol. The van der Waals surface area contributed by atoms with Crippen LogP contribution in [0, 0.1) is 18.3 Å². The van der Waals surface area contributed by atoms with Gasteiger partial charge in [-0.15, -0.1) is 0 Å². The van der Waals surface area contributed by atoms with E-state index in [0.717, 1.165) is 11.1 Å². The van der Waals surface area contributed by atoms with Gasteiger partial charge in [0.05, 0.1) is 11.6 Å². The normalized spacial score (nSPS) is 9.78. The number of hydrogen-bond acceptors (Lipinski definition) is 3. The minimum absolute atomic E-state index is 0.221. The van der Waals surface area contributed by atoms with E-state index in [1.807, 2.05) is 19.1 Å². The van der Waals surface area contributed by atoms with Gasteiger partial charge in [0.15, 0.2) is 0 Å². The van der Waals surface area contributed by atoms with Crippen molar-refractivity contribution < 1.29 is 9.84 Å². The third-order valence-corrected chi connectivity index (χ3v) is 2.62. The molecule has 18 heavy (non-hydrogen) atoms. The zero-order valence-corrected chi connectivity index (χ0v) is 10.1. The molecule has 0 saturated heterocycles. The summed E-state index contributed by atoms with van der Waals surface area (Å²) in [5, 5.41) is 18.2. The number of nitrogens with zero attached hydrogens (tertiary/aromatic N) is 1. The van der Waals surface area contributed by atoms with E-state index in [4.69, 9.17) is 10.00 Å². The molecule has 90 valence electrons. The lowest BCUT2D eigenvalue weighted by molar-refractivity contribution is 0.303. The molecule has 0 radical (unpaired) electrons. The molecule has 0 bridgehead atoms. The van der Waals surface area contributed by atoms with Crippen molar-refractivity contribution in [1.82, 2.24) is 0 Å². The molecule has 0 aliphatic rings. The van der Waals surface area contributed by atoms with Crippen molar-refractivity contribution in [2.24, 2.45) is 0 Å². The Hall–Kier alpha value is -2.47. The number of rotatable bonds is 3. The topological polar surface area (TPSA) is 53.2 Å². The minimum atomic E-state index is 0.221. The molecular weight excluding hydrogens is 226 g/mol. The van der Waals surface area contributed by atoms with Gasteiger partial charge in [-0.25, -0.2) is 0 Å². The van der Waals surface area contributed by atoms with Crippen LogP contribution in [0.2, 0.25) is 0 Å². The number of aromatic hydroxyl groups is 1. The maximum Gasteiger partial charge on any atom is 0.124 e. The molecule has 2 aromatic carbocycles. The van der Waals surface area contributed by atoms with E-state index in [2.05, 4.69) is 6.07 Å². The summed E-state index contributed by atoms with van der Waals surface area (Å²) in [6.45, 7) is 2.29. The first-order valence-corrected chi connectivity index (χ1v) is 5.60. The molecule has 2 rings (SSSR count). The van der Waals surface area contributed by atoms with Crippen LogP contribution < -0.4 is 4.74 Å². The predicted molar refractivity (Wildman–Crippen MR) is 68.3 cm³/mol. The van der Waals surface area contributed by atoms with E-state index in [1.165, 1.54) is 0 Å². The Morgan fingerprint density at radius 1 is 1.22 bits per heavy atom. The molecule has 2 aromatic rings. The van der Waals surface area contributed by atoms with Gasteiger partial charge in [-0.3, -0.25) is 0 Å². The molecule has 0 aliphatic carbocycles. The molecule has 3 nitrogen and oxygen atoms in total. The average Bonchev–Trinajstić information content (AvgIpc) is 2.38. The van der Waals surface area contributed by atoms with Crippen molar-refractivity contribution in [2.75, 3.05) is 0 Å². The smallest absolute Gasteiger partial charge is 0.124 e. The zero-order chi connectivity index (χ0) is 13.0. The standard InChI is InChI=1S/C15H13NO2/c1-11-5-6-12(9-16)8-15(11)18-10-13-3-2-4-14(17)7-13/h2-8,17H,10H2,1H3. The van der Waals surface area contributed by atoms with E-state index in [1.54, 1.807) is 30.3 Å². The number of aryl methyl sites for hydroxylation is 1. The van der Waals surface area contributed by atoms with Crippen LogP contribution in [-0.4, -0.2) is 5.11 Å². The van der Waals surface area contributed by atoms with Crippen LogP contribution in [0.1, 0.15) is 16.7 Å². The van der Waals surface area contributed by atoms with E-state index >= 15 is 0 Å². The average molecular weight is 239 g/mol. The molecule has 0 amide bonds. The summed E-state index contributed by atoms with van der Waals surface area (Å²) in [7, 11) is 0. The van der Waals surface area contributed by atoms with E-state index in [0.29, 0.717) is 17.9 Å². The lowest BCUT2D eigenvalue weighted by atomic mass is 10.1. The van der Waals surface area contributed by atoms with E-state index < -0.39 is 0 Å². The highest BCUT2D eigenvalue weighted by Gasteiger charge is 2.02. The second kappa shape index (κ2) is 5.24. The van der Waals surface area contributed by atoms with Crippen LogP contribution in [0.15, 0.2) is 42.5 Å². The van der Waals surface area contributed by atoms with Crippen molar-refractivity contribution in [3.8, 4) is 17.6 Å². The third-order valence-electron chi connectivity index (χ3n) is 2.62. The summed E-state index contributed by atoms with van der Waals surface area (Å²) < 4.78 is 5.66. The molecule has 0 heterocycles. The Kier molecular flexibility index (Phi) is 3.49. The first kappa shape index (κ1) is 12.0. The van der Waals surface area contributed by atoms with Gasteiger partial charge >= 0.3 is 0 Å². The quantitative estimate of drug-likeness (QED) is 0.895. The highest BCUT2D eigenvalue weighted by molar-refractivity contribution is 5.42. The van der Waals surface area contributed by atoms with Gasteiger partial charge in [-0.1, -0.05) is 18.2 Å². The summed E-state index contributed by atoms with van der Waals surface area (Å²) in [6.07, 6.45) is 0. The Balaban J connectivity index is 2.13. The number of ether oxygens (including phenoxy) is 1. The highest BCUT2D eigenvalue weighted by Crippen LogP contribution is 2.21. The maximum atomic E-state index is 9.35. The number of phenols is 1. The molecule has 1 N–H and O–H groups in total. The lowest BCUT2D eigenvalue weighted by Gasteiger charge is -2.09. The van der Waals surface area contributed by atoms with Crippen molar-refractivity contribution in [3.05, 3.63) is 59.2 Å². The molecule has 0 atom stereocenters. The first-order valence-electron chi connectivity index (χ1n) is 5.60.